The van der Waals surface area contributed by atoms with Crippen LogP contribution in [0.1, 0.15) is 48.5 Å². The summed E-state index contributed by atoms with van der Waals surface area (Å²) in [5, 5.41) is 26.6. The van der Waals surface area contributed by atoms with Crippen LogP contribution < -0.4 is 10.6 Å². The van der Waals surface area contributed by atoms with Crippen LogP contribution in [0.15, 0.2) is 51.7 Å². The average molecular weight is 599 g/mol. The van der Waals surface area contributed by atoms with Crippen molar-refractivity contribution in [1.82, 2.24) is 25.1 Å². The van der Waals surface area contributed by atoms with E-state index < -0.39 is 6.04 Å². The molecule has 1 aliphatic rings. The summed E-state index contributed by atoms with van der Waals surface area (Å²) in [5.74, 6) is -0.317. The minimum Gasteiger partial charge on any atom is -0.507 e. The first-order valence-electron chi connectivity index (χ1n) is 13.1. The second-order valence-electron chi connectivity index (χ2n) is 10.7. The van der Waals surface area contributed by atoms with Crippen LogP contribution in [0, 0.1) is 5.41 Å². The van der Waals surface area contributed by atoms with E-state index in [2.05, 4.69) is 20.6 Å². The lowest BCUT2D eigenvalue weighted by molar-refractivity contribution is -0.130. The van der Waals surface area contributed by atoms with Crippen molar-refractivity contribution >= 4 is 51.8 Å². The maximum absolute atomic E-state index is 13.1. The molecule has 3 amide bonds. The van der Waals surface area contributed by atoms with Crippen LogP contribution in [0.5, 0.6) is 5.75 Å². The third kappa shape index (κ3) is 7.75. The molecule has 1 unspecified atom stereocenters. The zero-order chi connectivity index (χ0) is 29.7. The number of phenols is 1. The number of nitrogens with one attached hydrogen (secondary N) is 2. The second kappa shape index (κ2) is 12.9. The molecule has 3 aromatic rings. The lowest BCUT2D eigenvalue weighted by Gasteiger charge is -2.34. The third-order valence-corrected chi connectivity index (χ3v) is 8.67. The van der Waals surface area contributed by atoms with Crippen LogP contribution in [0.25, 0.3) is 0 Å². The highest BCUT2D eigenvalue weighted by Gasteiger charge is 2.27. The molecule has 1 fully saturated rings. The van der Waals surface area contributed by atoms with Crippen molar-refractivity contribution in [3.63, 3.8) is 0 Å². The number of aliphatic hydroxyl groups excluding tert-OH is 1. The van der Waals surface area contributed by atoms with E-state index in [0.717, 1.165) is 9.10 Å². The molecule has 1 aliphatic heterocycles. The Labute approximate surface area is 247 Å². The molecule has 1 aromatic carbocycles. The summed E-state index contributed by atoms with van der Waals surface area (Å²) < 4.78 is 0.844. The average Bonchev–Trinajstić information content (AvgIpc) is 3.38. The van der Waals surface area contributed by atoms with Crippen molar-refractivity contribution in [3.05, 3.63) is 53.9 Å². The van der Waals surface area contributed by atoms with Crippen molar-refractivity contribution in [2.75, 3.05) is 38.1 Å². The number of hydrogen-bond acceptors (Lipinski definition) is 10. The number of amides is 3. The molecule has 2 aromatic heterocycles. The van der Waals surface area contributed by atoms with Crippen molar-refractivity contribution in [2.45, 2.75) is 42.8 Å². The lowest BCUT2D eigenvalue weighted by Crippen LogP contribution is -2.50. The zero-order valence-electron chi connectivity index (χ0n) is 23.4. The molecule has 11 nitrogen and oxygen atoms in total. The summed E-state index contributed by atoms with van der Waals surface area (Å²) in [6, 6.07) is 9.53. The molecule has 1 atom stereocenters. The highest BCUT2D eigenvalue weighted by Crippen LogP contribution is 2.36. The molecule has 218 valence electrons. The molecule has 3 heterocycles. The Hall–Kier alpha value is -3.68. The van der Waals surface area contributed by atoms with Crippen molar-refractivity contribution < 1.29 is 24.6 Å². The first-order valence-corrected chi connectivity index (χ1v) is 14.7. The molecular formula is C28H34N6O5S2. The van der Waals surface area contributed by atoms with Gasteiger partial charge in [0.2, 0.25) is 5.91 Å². The first-order chi connectivity index (χ1) is 19.4. The summed E-state index contributed by atoms with van der Waals surface area (Å²) >= 11 is 2.78. The third-order valence-electron chi connectivity index (χ3n) is 6.66. The van der Waals surface area contributed by atoms with Gasteiger partial charge in [-0.25, -0.2) is 9.97 Å². The number of carbonyl (C=O) groups excluding carboxylic acids is 3. The lowest BCUT2D eigenvalue weighted by atomic mass is 9.87. The Morgan fingerprint density at radius 1 is 1.10 bits per heavy atom. The Bertz CT molecular complexity index is 1410. The normalized spacial score (nSPS) is 14.5. The minimum atomic E-state index is -0.417. The highest BCUT2D eigenvalue weighted by molar-refractivity contribution is 8.01. The number of hydrogen-bond donors (Lipinski definition) is 4. The van der Waals surface area contributed by atoms with E-state index in [9.17, 15) is 24.6 Å². The van der Waals surface area contributed by atoms with Crippen LogP contribution in [-0.4, -0.2) is 86.5 Å². The number of piperazine rings is 1. The SMILES string of the molecule is CC(=O)N1CCN(C(=O)c2cc(Sc3cnc(Nc4cccc(C(=O)NC(CO)C(C)(C)C)n4)s3)ccc2O)CC1. The summed E-state index contributed by atoms with van der Waals surface area (Å²) in [7, 11) is 0. The summed E-state index contributed by atoms with van der Waals surface area (Å²) in [4.78, 5) is 50.3. The van der Waals surface area contributed by atoms with Crippen LogP contribution in [0.2, 0.25) is 0 Å². The molecule has 0 aliphatic carbocycles. The van der Waals surface area contributed by atoms with Crippen molar-refractivity contribution in [1.29, 1.82) is 0 Å². The summed E-state index contributed by atoms with van der Waals surface area (Å²) in [5.41, 5.74) is 0.114. The molecule has 0 bridgehead atoms. The van der Waals surface area contributed by atoms with Crippen molar-refractivity contribution in [3.8, 4) is 5.75 Å². The van der Waals surface area contributed by atoms with Gasteiger partial charge in [-0.05, 0) is 35.7 Å². The number of aromatic hydroxyl groups is 1. The van der Waals surface area contributed by atoms with Gasteiger partial charge in [-0.2, -0.15) is 0 Å². The Morgan fingerprint density at radius 2 is 1.80 bits per heavy atom. The molecule has 0 saturated carbocycles. The van der Waals surface area contributed by atoms with E-state index in [1.54, 1.807) is 46.3 Å². The maximum Gasteiger partial charge on any atom is 0.270 e. The van der Waals surface area contributed by atoms with Gasteiger partial charge in [0.1, 0.15) is 17.3 Å². The molecule has 0 radical (unpaired) electrons. The van der Waals surface area contributed by atoms with Gasteiger partial charge < -0.3 is 30.6 Å². The topological polar surface area (TPSA) is 148 Å². The predicted octanol–water partition coefficient (Wildman–Crippen LogP) is 3.58. The molecule has 4 rings (SSSR count). The maximum atomic E-state index is 13.1. The zero-order valence-corrected chi connectivity index (χ0v) is 25.0. The van der Waals surface area contributed by atoms with Gasteiger partial charge in [0, 0.05) is 38.0 Å². The number of pyridine rings is 1. The van der Waals surface area contributed by atoms with Gasteiger partial charge in [0.15, 0.2) is 5.13 Å². The van der Waals surface area contributed by atoms with Gasteiger partial charge >= 0.3 is 0 Å². The monoisotopic (exact) mass is 598 g/mol. The van der Waals surface area contributed by atoms with Crippen molar-refractivity contribution in [2.24, 2.45) is 5.41 Å². The van der Waals surface area contributed by atoms with E-state index in [4.69, 9.17) is 0 Å². The van der Waals surface area contributed by atoms with Gasteiger partial charge in [-0.15, -0.1) is 0 Å². The number of nitrogens with zero attached hydrogens (tertiary/aromatic N) is 4. The molecular weight excluding hydrogens is 564 g/mol. The van der Waals surface area contributed by atoms with E-state index in [1.807, 2.05) is 20.8 Å². The number of carbonyl (C=O) groups is 3. The largest absolute Gasteiger partial charge is 0.507 e. The van der Waals surface area contributed by atoms with Gasteiger partial charge in [-0.1, -0.05) is 49.9 Å². The summed E-state index contributed by atoms with van der Waals surface area (Å²) in [6.45, 7) is 8.91. The quantitative estimate of drug-likeness (QED) is 0.305. The van der Waals surface area contributed by atoms with E-state index in [-0.39, 0.29) is 46.8 Å². The number of aliphatic hydroxyl groups is 1. The fraction of sp³-hybridized carbons (Fsp3) is 0.393. The minimum absolute atomic E-state index is 0.0157. The van der Waals surface area contributed by atoms with Gasteiger partial charge in [-0.3, -0.25) is 14.4 Å². The van der Waals surface area contributed by atoms with Crippen LogP contribution in [-0.2, 0) is 4.79 Å². The fourth-order valence-corrected chi connectivity index (χ4v) is 6.03. The smallest absolute Gasteiger partial charge is 0.270 e. The Balaban J connectivity index is 1.40. The highest BCUT2D eigenvalue weighted by atomic mass is 32.2. The van der Waals surface area contributed by atoms with Gasteiger partial charge in [0.25, 0.3) is 11.8 Å². The number of benzene rings is 1. The standard InChI is InChI=1S/C28H34N6O5S2/c1-17(36)33-10-12-34(13-11-33)26(39)19-14-18(8-9-21(19)37)40-24-15-29-27(41-24)32-23-7-5-6-20(30-23)25(38)31-22(16-35)28(2,3)4/h5-9,14-15,22,35,37H,10-13,16H2,1-4H3,(H,31,38)(H,29,30,32). The molecule has 13 heteroatoms. The summed E-state index contributed by atoms with van der Waals surface area (Å²) in [6.07, 6.45) is 1.69. The van der Waals surface area contributed by atoms with E-state index in [1.165, 1.54) is 36.1 Å². The number of anilines is 2. The Kier molecular flexibility index (Phi) is 9.51. The van der Waals surface area contributed by atoms with Gasteiger partial charge in [0.05, 0.1) is 28.6 Å². The Morgan fingerprint density at radius 3 is 2.46 bits per heavy atom. The van der Waals surface area contributed by atoms with Crippen LogP contribution in [0.3, 0.4) is 0 Å². The number of aromatic nitrogens is 2. The number of rotatable bonds is 8. The first kappa shape index (κ1) is 30.3. The van der Waals surface area contributed by atoms with Crippen LogP contribution in [0.4, 0.5) is 10.9 Å². The fourth-order valence-electron chi connectivity index (χ4n) is 4.13. The van der Waals surface area contributed by atoms with E-state index in [0.29, 0.717) is 37.1 Å². The predicted molar refractivity (Wildman–Crippen MR) is 158 cm³/mol. The molecule has 41 heavy (non-hydrogen) atoms. The van der Waals surface area contributed by atoms with Crippen LogP contribution >= 0.6 is 23.1 Å². The molecule has 4 N–H and O–H groups in total. The van der Waals surface area contributed by atoms with E-state index >= 15 is 0 Å². The second-order valence-corrected chi connectivity index (χ2v) is 13.1. The number of phenolic OH excluding ortho intramolecular Hbond substituents is 1. The molecule has 1 saturated heterocycles. The number of thiazole rings is 1. The molecule has 0 spiro atoms.